The lowest BCUT2D eigenvalue weighted by Crippen LogP contribution is -2.18. The highest BCUT2D eigenvalue weighted by molar-refractivity contribution is 9.10. The van der Waals surface area contributed by atoms with Crippen LogP contribution in [0.2, 0.25) is 0 Å². The fourth-order valence-corrected chi connectivity index (χ4v) is 3.10. The van der Waals surface area contributed by atoms with Gasteiger partial charge in [-0.15, -0.1) is 0 Å². The van der Waals surface area contributed by atoms with E-state index in [0.29, 0.717) is 5.92 Å². The average Bonchev–Trinajstić information content (AvgIpc) is 2.62. The van der Waals surface area contributed by atoms with E-state index in [0.717, 1.165) is 23.0 Å². The molecule has 0 amide bonds. The maximum atomic E-state index is 4.52. The molecule has 3 rings (SSSR count). The van der Waals surface area contributed by atoms with Crippen molar-refractivity contribution in [2.24, 2.45) is 16.1 Å². The van der Waals surface area contributed by atoms with Gasteiger partial charge in [0.05, 0.1) is 5.71 Å². The van der Waals surface area contributed by atoms with Gasteiger partial charge < -0.3 is 0 Å². The Balaban J connectivity index is 1.84. The summed E-state index contributed by atoms with van der Waals surface area (Å²) in [7, 11) is 0. The molecule has 0 saturated heterocycles. The number of hydrogen-bond donors (Lipinski definition) is 0. The molecule has 1 aromatic carbocycles. The molecule has 1 aliphatic heterocycles. The van der Waals surface area contributed by atoms with Crippen LogP contribution in [0.4, 0.5) is 0 Å². The van der Waals surface area contributed by atoms with E-state index in [1.165, 1.54) is 37.0 Å². The van der Waals surface area contributed by atoms with Crippen molar-refractivity contribution >= 4 is 27.4 Å². The molecule has 0 N–H and O–H groups in total. The van der Waals surface area contributed by atoms with Crippen LogP contribution in [0, 0.1) is 5.92 Å². The van der Waals surface area contributed by atoms with Crippen molar-refractivity contribution in [2.45, 2.75) is 38.5 Å². The summed E-state index contributed by atoms with van der Waals surface area (Å²) in [5.41, 5.74) is 3.69. The molecule has 1 heterocycles. The molecule has 2 nitrogen and oxygen atoms in total. The Morgan fingerprint density at radius 2 is 1.78 bits per heavy atom. The van der Waals surface area contributed by atoms with Crippen LogP contribution < -0.4 is 0 Å². The van der Waals surface area contributed by atoms with Gasteiger partial charge in [0.2, 0.25) is 0 Å². The van der Waals surface area contributed by atoms with E-state index in [2.05, 4.69) is 50.4 Å². The fourth-order valence-electron chi connectivity index (χ4n) is 2.84. The Kier molecular flexibility index (Phi) is 3.59. The number of rotatable bonds is 1. The van der Waals surface area contributed by atoms with Gasteiger partial charge in [0, 0.05) is 10.2 Å². The van der Waals surface area contributed by atoms with Crippen LogP contribution in [0.3, 0.4) is 0 Å². The molecule has 1 aromatic rings. The summed E-state index contributed by atoms with van der Waals surface area (Å²) in [5, 5.41) is 9.02. The van der Waals surface area contributed by atoms with Crippen molar-refractivity contribution in [1.82, 2.24) is 0 Å². The fraction of sp³-hybridized carbons (Fsp3) is 0.467. The third-order valence-corrected chi connectivity index (χ3v) is 4.44. The molecule has 94 valence electrons. The first-order chi connectivity index (χ1) is 8.83. The number of fused-ring (bicyclic) bond motifs is 1. The first-order valence-corrected chi connectivity index (χ1v) is 7.51. The minimum atomic E-state index is 0.690. The van der Waals surface area contributed by atoms with Crippen LogP contribution in [-0.4, -0.2) is 11.4 Å². The molecule has 1 fully saturated rings. The van der Waals surface area contributed by atoms with Crippen LogP contribution in [0.5, 0.6) is 0 Å². The van der Waals surface area contributed by atoms with E-state index >= 15 is 0 Å². The zero-order valence-corrected chi connectivity index (χ0v) is 12.0. The molecule has 1 saturated carbocycles. The molecule has 1 aliphatic carbocycles. The van der Waals surface area contributed by atoms with Gasteiger partial charge in [-0.3, -0.25) is 0 Å². The Morgan fingerprint density at radius 3 is 2.61 bits per heavy atom. The van der Waals surface area contributed by atoms with E-state index in [1.54, 1.807) is 0 Å². The summed E-state index contributed by atoms with van der Waals surface area (Å²) >= 11 is 3.47. The molecule has 0 radical (unpaired) electrons. The quantitative estimate of drug-likeness (QED) is 0.725. The normalized spacial score (nSPS) is 23.7. The van der Waals surface area contributed by atoms with Crippen molar-refractivity contribution in [2.75, 3.05) is 0 Å². The Morgan fingerprint density at radius 1 is 0.944 bits per heavy atom. The molecular formula is C15H17BrN2. The van der Waals surface area contributed by atoms with Crippen LogP contribution in [0.25, 0.3) is 0 Å². The summed E-state index contributed by atoms with van der Waals surface area (Å²) < 4.78 is 1.11. The monoisotopic (exact) mass is 304 g/mol. The topological polar surface area (TPSA) is 24.7 Å². The smallest absolute Gasteiger partial charge is 0.0702 e. The van der Waals surface area contributed by atoms with E-state index in [-0.39, 0.29) is 0 Å². The third-order valence-electron chi connectivity index (χ3n) is 3.91. The third kappa shape index (κ3) is 2.56. The number of hydrogen-bond acceptors (Lipinski definition) is 2. The minimum Gasteiger partial charge on any atom is -0.160 e. The maximum Gasteiger partial charge on any atom is 0.0702 e. The van der Waals surface area contributed by atoms with E-state index < -0.39 is 0 Å². The Labute approximate surface area is 116 Å². The van der Waals surface area contributed by atoms with Crippen molar-refractivity contribution < 1.29 is 0 Å². The molecule has 0 aromatic heterocycles. The molecule has 0 spiro atoms. The summed E-state index contributed by atoms with van der Waals surface area (Å²) in [5.74, 6) is 0.690. The molecule has 0 unspecified atom stereocenters. The second kappa shape index (κ2) is 5.35. The van der Waals surface area contributed by atoms with Gasteiger partial charge in [-0.1, -0.05) is 34.5 Å². The highest BCUT2D eigenvalue weighted by Crippen LogP contribution is 2.28. The predicted octanol–water partition coefficient (Wildman–Crippen LogP) is 4.58. The lowest BCUT2D eigenvalue weighted by molar-refractivity contribution is 0.507. The van der Waals surface area contributed by atoms with Crippen LogP contribution in [0.1, 0.15) is 44.1 Å². The number of benzene rings is 1. The van der Waals surface area contributed by atoms with Gasteiger partial charge in [0.15, 0.2) is 0 Å². The summed E-state index contributed by atoms with van der Waals surface area (Å²) in [6.07, 6.45) is 7.38. The van der Waals surface area contributed by atoms with Crippen molar-refractivity contribution in [3.8, 4) is 0 Å². The Bertz CT molecular complexity index is 488. The maximum absolute atomic E-state index is 4.52. The van der Waals surface area contributed by atoms with Crippen LogP contribution in [0.15, 0.2) is 38.9 Å². The standard InChI is InChI=1S/C15H17BrN2/c16-13-8-5-12(6-9-13)15-10-7-11-3-1-2-4-14(11)17-18-15/h5-6,8-9,11H,1-4,7,10H2/t11-/m0/s1. The second-order valence-corrected chi connectivity index (χ2v) is 6.04. The lowest BCUT2D eigenvalue weighted by Gasteiger charge is -2.21. The lowest BCUT2D eigenvalue weighted by atomic mass is 9.83. The molecule has 3 heteroatoms. The zero-order valence-electron chi connectivity index (χ0n) is 10.4. The number of nitrogens with zero attached hydrogens (tertiary/aromatic N) is 2. The SMILES string of the molecule is Brc1ccc(C2=NN=C3CCCC[C@H]3CC2)cc1. The number of halogens is 1. The van der Waals surface area contributed by atoms with Gasteiger partial charge in [-0.05, 0) is 55.7 Å². The first kappa shape index (κ1) is 12.1. The van der Waals surface area contributed by atoms with E-state index in [1.807, 2.05) is 0 Å². The molecule has 18 heavy (non-hydrogen) atoms. The first-order valence-electron chi connectivity index (χ1n) is 6.72. The van der Waals surface area contributed by atoms with Gasteiger partial charge in [-0.2, -0.15) is 10.2 Å². The summed E-state index contributed by atoms with van der Waals surface area (Å²) in [6.45, 7) is 0. The van der Waals surface area contributed by atoms with Crippen LogP contribution in [-0.2, 0) is 0 Å². The highest BCUT2D eigenvalue weighted by atomic mass is 79.9. The largest absolute Gasteiger partial charge is 0.160 e. The van der Waals surface area contributed by atoms with Gasteiger partial charge in [0.25, 0.3) is 0 Å². The molecule has 1 atom stereocenters. The zero-order chi connectivity index (χ0) is 12.4. The van der Waals surface area contributed by atoms with Crippen molar-refractivity contribution in [1.29, 1.82) is 0 Å². The Hall–Kier alpha value is -0.960. The van der Waals surface area contributed by atoms with Crippen molar-refractivity contribution in [3.63, 3.8) is 0 Å². The highest BCUT2D eigenvalue weighted by Gasteiger charge is 2.23. The van der Waals surface area contributed by atoms with Gasteiger partial charge in [-0.25, -0.2) is 0 Å². The van der Waals surface area contributed by atoms with Gasteiger partial charge >= 0.3 is 0 Å². The second-order valence-electron chi connectivity index (χ2n) is 5.13. The van der Waals surface area contributed by atoms with Gasteiger partial charge in [0.1, 0.15) is 0 Å². The summed E-state index contributed by atoms with van der Waals surface area (Å²) in [4.78, 5) is 0. The van der Waals surface area contributed by atoms with E-state index in [9.17, 15) is 0 Å². The minimum absolute atomic E-state index is 0.690. The van der Waals surface area contributed by atoms with Crippen LogP contribution >= 0.6 is 15.9 Å². The summed E-state index contributed by atoms with van der Waals surface area (Å²) in [6, 6.07) is 8.39. The molecule has 0 bridgehead atoms. The molecule has 2 aliphatic rings. The average molecular weight is 305 g/mol. The van der Waals surface area contributed by atoms with Crippen molar-refractivity contribution in [3.05, 3.63) is 34.3 Å². The van der Waals surface area contributed by atoms with E-state index in [4.69, 9.17) is 0 Å². The predicted molar refractivity (Wildman–Crippen MR) is 79.3 cm³/mol. The molecular weight excluding hydrogens is 288 g/mol.